The molecule has 1 aliphatic rings. The zero-order chi connectivity index (χ0) is 16.9. The summed E-state index contributed by atoms with van der Waals surface area (Å²) in [5.74, 6) is 0.0783. The summed E-state index contributed by atoms with van der Waals surface area (Å²) in [6.45, 7) is 8.92. The van der Waals surface area contributed by atoms with Gasteiger partial charge < -0.3 is 15.8 Å². The molecular weight excluding hydrogens is 288 g/mol. The lowest BCUT2D eigenvalue weighted by atomic mass is 9.79. The molecule has 0 saturated carbocycles. The van der Waals surface area contributed by atoms with Crippen molar-refractivity contribution < 1.29 is 9.53 Å². The molecule has 0 aliphatic carbocycles. The number of nitrogens with two attached hydrogens (primary N) is 1. The topological polar surface area (TPSA) is 64.4 Å². The molecule has 1 aromatic carbocycles. The summed E-state index contributed by atoms with van der Waals surface area (Å²) in [4.78, 5) is 12.5. The summed E-state index contributed by atoms with van der Waals surface area (Å²) in [6.07, 6.45) is 2.28. The first-order valence-corrected chi connectivity index (χ1v) is 8.53. The van der Waals surface area contributed by atoms with Gasteiger partial charge in [0.15, 0.2) is 0 Å². The summed E-state index contributed by atoms with van der Waals surface area (Å²) in [6, 6.07) is 8.66. The van der Waals surface area contributed by atoms with Crippen molar-refractivity contribution in [2.75, 3.05) is 26.3 Å². The minimum absolute atomic E-state index is 0.0783. The Labute approximate surface area is 139 Å². The van der Waals surface area contributed by atoms with Crippen molar-refractivity contribution in [2.24, 2.45) is 11.1 Å². The Kier molecular flexibility index (Phi) is 5.82. The molecule has 4 heteroatoms. The lowest BCUT2D eigenvalue weighted by Crippen LogP contribution is -2.49. The van der Waals surface area contributed by atoms with E-state index < -0.39 is 5.41 Å². The van der Waals surface area contributed by atoms with Gasteiger partial charge in [0.25, 0.3) is 0 Å². The van der Waals surface area contributed by atoms with Crippen LogP contribution in [0.25, 0.3) is 0 Å². The Bertz CT molecular complexity index is 511. The predicted molar refractivity (Wildman–Crippen MR) is 93.4 cm³/mol. The molecule has 0 aromatic heterocycles. The molecule has 1 aliphatic heterocycles. The van der Waals surface area contributed by atoms with Crippen LogP contribution in [0.4, 0.5) is 0 Å². The van der Waals surface area contributed by atoms with Gasteiger partial charge in [-0.15, -0.1) is 0 Å². The fraction of sp³-hybridized carbons (Fsp3) is 0.632. The van der Waals surface area contributed by atoms with Crippen molar-refractivity contribution in [1.29, 1.82) is 0 Å². The fourth-order valence-corrected chi connectivity index (χ4v) is 2.97. The molecule has 3 N–H and O–H groups in total. The van der Waals surface area contributed by atoms with Gasteiger partial charge in [0, 0.05) is 26.3 Å². The number of carbonyl (C=O) groups is 1. The second kappa shape index (κ2) is 7.45. The molecule has 1 saturated heterocycles. The minimum Gasteiger partial charge on any atom is -0.381 e. The maximum Gasteiger partial charge on any atom is 0.227 e. The SMILES string of the molecule is CC(C)(C)c1ccc(CCNC(=O)C2(CN)CCOCC2)cc1. The van der Waals surface area contributed by atoms with Gasteiger partial charge in [-0.1, -0.05) is 45.0 Å². The first-order valence-electron chi connectivity index (χ1n) is 8.53. The van der Waals surface area contributed by atoms with E-state index in [4.69, 9.17) is 10.5 Å². The van der Waals surface area contributed by atoms with Crippen molar-refractivity contribution in [3.05, 3.63) is 35.4 Å². The molecule has 1 heterocycles. The van der Waals surface area contributed by atoms with Crippen molar-refractivity contribution in [3.63, 3.8) is 0 Å². The Balaban J connectivity index is 1.85. The summed E-state index contributed by atoms with van der Waals surface area (Å²) in [5, 5.41) is 3.06. The van der Waals surface area contributed by atoms with Crippen LogP contribution in [-0.4, -0.2) is 32.2 Å². The minimum atomic E-state index is -0.436. The summed E-state index contributed by atoms with van der Waals surface area (Å²) >= 11 is 0. The first-order chi connectivity index (χ1) is 10.9. The van der Waals surface area contributed by atoms with Crippen LogP contribution in [0.2, 0.25) is 0 Å². The van der Waals surface area contributed by atoms with Crippen LogP contribution in [0.3, 0.4) is 0 Å². The molecule has 0 atom stereocenters. The monoisotopic (exact) mass is 318 g/mol. The molecule has 0 unspecified atom stereocenters. The highest BCUT2D eigenvalue weighted by molar-refractivity contribution is 5.83. The predicted octanol–water partition coefficient (Wildman–Crippen LogP) is 2.40. The lowest BCUT2D eigenvalue weighted by Gasteiger charge is -2.34. The van der Waals surface area contributed by atoms with Crippen LogP contribution in [-0.2, 0) is 21.4 Å². The number of ether oxygens (including phenoxy) is 1. The lowest BCUT2D eigenvalue weighted by molar-refractivity contribution is -0.135. The third-order valence-electron chi connectivity index (χ3n) is 4.84. The van der Waals surface area contributed by atoms with Gasteiger partial charge in [0.1, 0.15) is 0 Å². The summed E-state index contributed by atoms with van der Waals surface area (Å²) < 4.78 is 5.35. The van der Waals surface area contributed by atoms with E-state index >= 15 is 0 Å². The maximum absolute atomic E-state index is 12.5. The molecule has 1 fully saturated rings. The van der Waals surface area contributed by atoms with Gasteiger partial charge in [-0.05, 0) is 35.8 Å². The first kappa shape index (κ1) is 18.0. The zero-order valence-electron chi connectivity index (χ0n) is 14.7. The van der Waals surface area contributed by atoms with Crippen molar-refractivity contribution in [1.82, 2.24) is 5.32 Å². The van der Waals surface area contributed by atoms with E-state index in [0.717, 1.165) is 19.3 Å². The molecule has 1 aromatic rings. The van der Waals surface area contributed by atoms with Crippen LogP contribution >= 0.6 is 0 Å². The normalized spacial score (nSPS) is 17.7. The van der Waals surface area contributed by atoms with Gasteiger partial charge in [-0.25, -0.2) is 0 Å². The average Bonchev–Trinajstić information content (AvgIpc) is 2.55. The van der Waals surface area contributed by atoms with Gasteiger partial charge in [0.2, 0.25) is 5.91 Å². The number of amides is 1. The molecular formula is C19H30N2O2. The second-order valence-corrected chi connectivity index (χ2v) is 7.55. The molecule has 23 heavy (non-hydrogen) atoms. The standard InChI is InChI=1S/C19H30N2O2/c1-18(2,3)16-6-4-15(5-7-16)8-11-21-17(22)19(14-20)9-12-23-13-10-19/h4-7H,8-14,20H2,1-3H3,(H,21,22). The van der Waals surface area contributed by atoms with E-state index in [2.05, 4.69) is 50.4 Å². The van der Waals surface area contributed by atoms with Gasteiger partial charge in [0.05, 0.1) is 5.41 Å². The number of hydrogen-bond acceptors (Lipinski definition) is 3. The highest BCUT2D eigenvalue weighted by atomic mass is 16.5. The molecule has 128 valence electrons. The molecule has 0 radical (unpaired) electrons. The van der Waals surface area contributed by atoms with Gasteiger partial charge in [-0.2, -0.15) is 0 Å². The molecule has 0 bridgehead atoms. The number of nitrogens with one attached hydrogen (secondary N) is 1. The smallest absolute Gasteiger partial charge is 0.227 e. The fourth-order valence-electron chi connectivity index (χ4n) is 2.97. The van der Waals surface area contributed by atoms with Crippen LogP contribution in [0.15, 0.2) is 24.3 Å². The number of carbonyl (C=O) groups excluding carboxylic acids is 1. The highest BCUT2D eigenvalue weighted by Crippen LogP contribution is 2.29. The van der Waals surface area contributed by atoms with E-state index in [1.54, 1.807) is 0 Å². The molecule has 2 rings (SSSR count). The molecule has 0 spiro atoms. The number of benzene rings is 1. The van der Waals surface area contributed by atoms with E-state index in [-0.39, 0.29) is 11.3 Å². The van der Waals surface area contributed by atoms with Crippen LogP contribution in [0, 0.1) is 5.41 Å². The largest absolute Gasteiger partial charge is 0.381 e. The maximum atomic E-state index is 12.5. The number of hydrogen-bond donors (Lipinski definition) is 2. The third-order valence-corrected chi connectivity index (χ3v) is 4.84. The molecule has 4 nitrogen and oxygen atoms in total. The van der Waals surface area contributed by atoms with E-state index in [9.17, 15) is 4.79 Å². The quantitative estimate of drug-likeness (QED) is 0.876. The Morgan fingerprint density at radius 1 is 1.22 bits per heavy atom. The van der Waals surface area contributed by atoms with E-state index in [1.165, 1.54) is 11.1 Å². The van der Waals surface area contributed by atoms with Crippen LogP contribution in [0.1, 0.15) is 44.7 Å². The number of rotatable bonds is 5. The molecule has 1 amide bonds. The second-order valence-electron chi connectivity index (χ2n) is 7.55. The van der Waals surface area contributed by atoms with Gasteiger partial charge >= 0.3 is 0 Å². The van der Waals surface area contributed by atoms with Gasteiger partial charge in [-0.3, -0.25) is 4.79 Å². The van der Waals surface area contributed by atoms with Crippen molar-refractivity contribution in [3.8, 4) is 0 Å². The Hall–Kier alpha value is -1.39. The summed E-state index contributed by atoms with van der Waals surface area (Å²) in [5.41, 5.74) is 8.17. The third kappa shape index (κ3) is 4.55. The van der Waals surface area contributed by atoms with E-state index in [1.807, 2.05) is 0 Å². The van der Waals surface area contributed by atoms with Crippen LogP contribution in [0.5, 0.6) is 0 Å². The average molecular weight is 318 g/mol. The highest BCUT2D eigenvalue weighted by Gasteiger charge is 2.38. The Morgan fingerprint density at radius 2 is 1.83 bits per heavy atom. The van der Waals surface area contributed by atoms with Crippen LogP contribution < -0.4 is 11.1 Å². The Morgan fingerprint density at radius 3 is 2.35 bits per heavy atom. The van der Waals surface area contributed by atoms with E-state index in [0.29, 0.717) is 26.3 Å². The van der Waals surface area contributed by atoms with Crippen molar-refractivity contribution >= 4 is 5.91 Å². The van der Waals surface area contributed by atoms with Crippen molar-refractivity contribution in [2.45, 2.75) is 45.4 Å². The summed E-state index contributed by atoms with van der Waals surface area (Å²) in [7, 11) is 0. The zero-order valence-corrected chi connectivity index (χ0v) is 14.7.